The van der Waals surface area contributed by atoms with Gasteiger partial charge in [0.15, 0.2) is 0 Å². The van der Waals surface area contributed by atoms with Gasteiger partial charge in [-0.3, -0.25) is 5.32 Å². The van der Waals surface area contributed by atoms with E-state index in [2.05, 4.69) is 21.2 Å². The molecule has 0 heterocycles. The first-order valence-corrected chi connectivity index (χ1v) is 7.43. The fourth-order valence-corrected chi connectivity index (χ4v) is 2.02. The molecule has 0 bridgehead atoms. The van der Waals surface area contributed by atoms with Crippen molar-refractivity contribution in [2.24, 2.45) is 0 Å². The first-order chi connectivity index (χ1) is 9.17. The van der Waals surface area contributed by atoms with Crippen LogP contribution in [-0.4, -0.2) is 22.9 Å². The van der Waals surface area contributed by atoms with Crippen molar-refractivity contribution >= 4 is 27.7 Å². The van der Waals surface area contributed by atoms with Gasteiger partial charge in [0.25, 0.3) is 0 Å². The van der Waals surface area contributed by atoms with Crippen LogP contribution < -0.4 is 5.32 Å². The second kappa shape index (κ2) is 7.09. The van der Waals surface area contributed by atoms with Crippen LogP contribution in [0.1, 0.15) is 39.7 Å². The molecule has 1 amide bonds. The molecule has 0 spiro atoms. The standard InChI is InChI=1S/C15H22BrNO3/c1-10(18)5-6-11-7-8-12(16)9-13(11)17-14(19)20-15(2,3)4/h7-10,18H,5-6H2,1-4H3,(H,17,19)/t10-/m0/s1. The van der Waals surface area contributed by atoms with Crippen molar-refractivity contribution in [1.29, 1.82) is 0 Å². The van der Waals surface area contributed by atoms with Gasteiger partial charge in [0, 0.05) is 10.2 Å². The molecule has 0 aliphatic heterocycles. The van der Waals surface area contributed by atoms with Gasteiger partial charge in [0.2, 0.25) is 0 Å². The van der Waals surface area contributed by atoms with Crippen molar-refractivity contribution in [3.05, 3.63) is 28.2 Å². The Balaban J connectivity index is 2.81. The van der Waals surface area contributed by atoms with E-state index in [0.29, 0.717) is 18.5 Å². The van der Waals surface area contributed by atoms with Crippen LogP contribution in [0.5, 0.6) is 0 Å². The van der Waals surface area contributed by atoms with E-state index in [1.807, 2.05) is 39.0 Å². The fraction of sp³-hybridized carbons (Fsp3) is 0.533. The van der Waals surface area contributed by atoms with Crippen LogP contribution in [0.2, 0.25) is 0 Å². The Hall–Kier alpha value is -1.07. The minimum absolute atomic E-state index is 0.368. The number of hydrogen-bond donors (Lipinski definition) is 2. The molecule has 5 heteroatoms. The Morgan fingerprint density at radius 3 is 2.65 bits per heavy atom. The number of amides is 1. The molecule has 1 aromatic carbocycles. The number of ether oxygens (including phenoxy) is 1. The average Bonchev–Trinajstić information content (AvgIpc) is 2.24. The highest BCUT2D eigenvalue weighted by Crippen LogP contribution is 2.24. The number of carbonyl (C=O) groups is 1. The molecule has 0 fully saturated rings. The van der Waals surface area contributed by atoms with Crippen LogP contribution in [0.3, 0.4) is 0 Å². The number of halogens is 1. The van der Waals surface area contributed by atoms with E-state index in [9.17, 15) is 9.90 Å². The maximum absolute atomic E-state index is 11.8. The van der Waals surface area contributed by atoms with Gasteiger partial charge in [0.05, 0.1) is 6.10 Å². The molecule has 0 saturated heterocycles. The van der Waals surface area contributed by atoms with Crippen LogP contribution in [0.15, 0.2) is 22.7 Å². The van der Waals surface area contributed by atoms with E-state index in [1.165, 1.54) is 0 Å². The van der Waals surface area contributed by atoms with Crippen LogP contribution in [-0.2, 0) is 11.2 Å². The lowest BCUT2D eigenvalue weighted by molar-refractivity contribution is 0.0636. The van der Waals surface area contributed by atoms with Gasteiger partial charge >= 0.3 is 6.09 Å². The quantitative estimate of drug-likeness (QED) is 0.864. The molecule has 2 N–H and O–H groups in total. The SMILES string of the molecule is C[C@H](O)CCc1ccc(Br)cc1NC(=O)OC(C)(C)C. The van der Waals surface area contributed by atoms with Crippen LogP contribution in [0, 0.1) is 0 Å². The summed E-state index contributed by atoms with van der Waals surface area (Å²) < 4.78 is 6.13. The van der Waals surface area contributed by atoms with Gasteiger partial charge in [-0.2, -0.15) is 0 Å². The number of hydrogen-bond acceptors (Lipinski definition) is 3. The molecule has 0 radical (unpaired) electrons. The number of nitrogens with one attached hydrogen (secondary N) is 1. The largest absolute Gasteiger partial charge is 0.444 e. The number of carbonyl (C=O) groups excluding carboxylic acids is 1. The number of aliphatic hydroxyl groups excluding tert-OH is 1. The summed E-state index contributed by atoms with van der Waals surface area (Å²) in [6.45, 7) is 7.21. The molecule has 0 aromatic heterocycles. The molecule has 0 aliphatic rings. The molecule has 0 aliphatic carbocycles. The van der Waals surface area contributed by atoms with Gasteiger partial charge in [-0.25, -0.2) is 4.79 Å². The Morgan fingerprint density at radius 2 is 2.10 bits per heavy atom. The topological polar surface area (TPSA) is 58.6 Å². The molecule has 1 atom stereocenters. The molecular weight excluding hydrogens is 322 g/mol. The van der Waals surface area contributed by atoms with Crippen molar-refractivity contribution in [3.63, 3.8) is 0 Å². The predicted octanol–water partition coefficient (Wildman–Crippen LogP) is 4.11. The molecule has 1 rings (SSSR count). The lowest BCUT2D eigenvalue weighted by atomic mass is 10.1. The van der Waals surface area contributed by atoms with E-state index in [4.69, 9.17) is 4.74 Å². The summed E-state index contributed by atoms with van der Waals surface area (Å²) >= 11 is 3.39. The first kappa shape index (κ1) is 17.0. The highest BCUT2D eigenvalue weighted by molar-refractivity contribution is 9.10. The number of aryl methyl sites for hydroxylation is 1. The number of rotatable bonds is 4. The maximum atomic E-state index is 11.8. The van der Waals surface area contributed by atoms with Gasteiger partial charge in [-0.15, -0.1) is 0 Å². The van der Waals surface area contributed by atoms with E-state index in [0.717, 1.165) is 10.0 Å². The second-order valence-electron chi connectivity index (χ2n) is 5.82. The third-order valence-electron chi connectivity index (χ3n) is 2.54. The number of aliphatic hydroxyl groups is 1. The third-order valence-corrected chi connectivity index (χ3v) is 3.03. The zero-order valence-electron chi connectivity index (χ0n) is 12.4. The highest BCUT2D eigenvalue weighted by Gasteiger charge is 2.17. The summed E-state index contributed by atoms with van der Waals surface area (Å²) in [7, 11) is 0. The number of benzene rings is 1. The minimum Gasteiger partial charge on any atom is -0.444 e. The smallest absolute Gasteiger partial charge is 0.412 e. The van der Waals surface area contributed by atoms with E-state index in [1.54, 1.807) is 6.92 Å². The van der Waals surface area contributed by atoms with Crippen molar-refractivity contribution in [2.45, 2.75) is 52.2 Å². The molecule has 0 saturated carbocycles. The average molecular weight is 344 g/mol. The molecule has 1 aromatic rings. The monoisotopic (exact) mass is 343 g/mol. The predicted molar refractivity (Wildman–Crippen MR) is 84.0 cm³/mol. The second-order valence-corrected chi connectivity index (χ2v) is 6.73. The summed E-state index contributed by atoms with van der Waals surface area (Å²) in [4.78, 5) is 11.8. The van der Waals surface area contributed by atoms with Crippen molar-refractivity contribution < 1.29 is 14.6 Å². The highest BCUT2D eigenvalue weighted by atomic mass is 79.9. The van der Waals surface area contributed by atoms with Crippen LogP contribution >= 0.6 is 15.9 Å². The Morgan fingerprint density at radius 1 is 1.45 bits per heavy atom. The number of anilines is 1. The lowest BCUT2D eigenvalue weighted by Gasteiger charge is -2.20. The summed E-state index contributed by atoms with van der Waals surface area (Å²) in [5.41, 5.74) is 1.14. The fourth-order valence-electron chi connectivity index (χ4n) is 1.66. The Labute approximate surface area is 128 Å². The third kappa shape index (κ3) is 6.39. The van der Waals surface area contributed by atoms with Crippen molar-refractivity contribution in [3.8, 4) is 0 Å². The summed E-state index contributed by atoms with van der Waals surface area (Å²) in [5, 5.41) is 12.1. The summed E-state index contributed by atoms with van der Waals surface area (Å²) in [6, 6.07) is 5.68. The summed E-state index contributed by atoms with van der Waals surface area (Å²) in [5.74, 6) is 0. The normalized spacial score (nSPS) is 12.9. The lowest BCUT2D eigenvalue weighted by Crippen LogP contribution is -2.27. The Kier molecular flexibility index (Phi) is 6.02. The molecular formula is C15H22BrNO3. The zero-order valence-corrected chi connectivity index (χ0v) is 14.0. The van der Waals surface area contributed by atoms with Gasteiger partial charge in [-0.1, -0.05) is 22.0 Å². The first-order valence-electron chi connectivity index (χ1n) is 6.64. The maximum Gasteiger partial charge on any atom is 0.412 e. The van der Waals surface area contributed by atoms with E-state index < -0.39 is 11.7 Å². The van der Waals surface area contributed by atoms with E-state index in [-0.39, 0.29) is 6.10 Å². The molecule has 112 valence electrons. The molecule has 0 unspecified atom stereocenters. The van der Waals surface area contributed by atoms with Crippen LogP contribution in [0.4, 0.5) is 10.5 Å². The molecule has 20 heavy (non-hydrogen) atoms. The molecule has 4 nitrogen and oxygen atoms in total. The van der Waals surface area contributed by atoms with Crippen LogP contribution in [0.25, 0.3) is 0 Å². The summed E-state index contributed by atoms with van der Waals surface area (Å²) in [6.07, 6.45) is 0.489. The van der Waals surface area contributed by atoms with Gasteiger partial charge in [0.1, 0.15) is 5.60 Å². The van der Waals surface area contributed by atoms with Gasteiger partial charge < -0.3 is 9.84 Å². The Bertz CT molecular complexity index is 467. The van der Waals surface area contributed by atoms with Gasteiger partial charge in [-0.05, 0) is 58.2 Å². The van der Waals surface area contributed by atoms with Crippen molar-refractivity contribution in [1.82, 2.24) is 0 Å². The minimum atomic E-state index is -0.532. The van der Waals surface area contributed by atoms with Crippen molar-refractivity contribution in [2.75, 3.05) is 5.32 Å². The van der Waals surface area contributed by atoms with E-state index >= 15 is 0 Å². The zero-order chi connectivity index (χ0) is 15.3.